The Morgan fingerprint density at radius 3 is 2.57 bits per heavy atom. The van der Waals surface area contributed by atoms with Crippen LogP contribution in [0.3, 0.4) is 0 Å². The van der Waals surface area contributed by atoms with Gasteiger partial charge >= 0.3 is 0 Å². The molecule has 0 aliphatic carbocycles. The lowest BCUT2D eigenvalue weighted by Gasteiger charge is -2.13. The lowest BCUT2D eigenvalue weighted by molar-refractivity contribution is 0.338. The third-order valence-corrected chi connectivity index (χ3v) is 2.98. The Kier molecular flexibility index (Phi) is 7.65. The number of rotatable bonds is 7. The van der Waals surface area contributed by atoms with Gasteiger partial charge in [-0.2, -0.15) is 0 Å². The molecule has 1 aromatic rings. The first-order chi connectivity index (χ1) is 10.1. The van der Waals surface area contributed by atoms with Crippen molar-refractivity contribution in [3.05, 3.63) is 29.3 Å². The van der Waals surface area contributed by atoms with E-state index in [2.05, 4.69) is 55.5 Å². The molecule has 0 amide bonds. The van der Waals surface area contributed by atoms with Crippen LogP contribution in [0.25, 0.3) is 0 Å². The van der Waals surface area contributed by atoms with E-state index < -0.39 is 0 Å². The van der Waals surface area contributed by atoms with Crippen LogP contribution in [0.1, 0.15) is 38.8 Å². The van der Waals surface area contributed by atoms with Gasteiger partial charge in [0.05, 0.1) is 13.2 Å². The van der Waals surface area contributed by atoms with Crippen LogP contribution in [0.4, 0.5) is 0 Å². The van der Waals surface area contributed by atoms with Crippen molar-refractivity contribution in [1.82, 2.24) is 10.6 Å². The van der Waals surface area contributed by atoms with E-state index in [4.69, 9.17) is 4.74 Å². The third kappa shape index (κ3) is 6.52. The van der Waals surface area contributed by atoms with E-state index in [0.29, 0.717) is 19.1 Å². The van der Waals surface area contributed by atoms with Crippen LogP contribution >= 0.6 is 0 Å². The predicted octanol–water partition coefficient (Wildman–Crippen LogP) is 3.10. The zero-order valence-corrected chi connectivity index (χ0v) is 14.0. The van der Waals surface area contributed by atoms with Gasteiger partial charge in [0, 0.05) is 13.1 Å². The average molecular weight is 291 g/mol. The summed E-state index contributed by atoms with van der Waals surface area (Å²) in [6.07, 6.45) is 0. The second kappa shape index (κ2) is 9.27. The molecule has 0 spiro atoms. The molecule has 0 saturated carbocycles. The average Bonchev–Trinajstić information content (AvgIpc) is 2.44. The van der Waals surface area contributed by atoms with Crippen LogP contribution in [0.5, 0.6) is 5.75 Å². The maximum Gasteiger partial charge on any atom is 0.191 e. The number of guanidine groups is 1. The highest BCUT2D eigenvalue weighted by molar-refractivity contribution is 5.79. The number of aliphatic imine (C=N–C) groups is 1. The normalized spacial score (nSPS) is 11.6. The molecule has 0 atom stereocenters. The van der Waals surface area contributed by atoms with Crippen molar-refractivity contribution in [2.45, 2.75) is 41.2 Å². The zero-order chi connectivity index (χ0) is 15.7. The van der Waals surface area contributed by atoms with Crippen molar-refractivity contribution in [2.75, 3.05) is 19.7 Å². The van der Waals surface area contributed by atoms with Crippen LogP contribution in [0, 0.1) is 12.8 Å². The molecule has 1 rings (SSSR count). The fourth-order valence-electron chi connectivity index (χ4n) is 1.94. The van der Waals surface area contributed by atoms with Crippen LogP contribution in [-0.4, -0.2) is 25.7 Å². The summed E-state index contributed by atoms with van der Waals surface area (Å²) in [5.74, 6) is 2.43. The molecule has 0 unspecified atom stereocenters. The third-order valence-electron chi connectivity index (χ3n) is 2.98. The van der Waals surface area contributed by atoms with Crippen molar-refractivity contribution in [2.24, 2.45) is 10.9 Å². The molecule has 4 nitrogen and oxygen atoms in total. The van der Waals surface area contributed by atoms with Gasteiger partial charge in [0.1, 0.15) is 5.75 Å². The van der Waals surface area contributed by atoms with Gasteiger partial charge in [-0.15, -0.1) is 0 Å². The van der Waals surface area contributed by atoms with Crippen molar-refractivity contribution >= 4 is 5.96 Å². The SMILES string of the molecule is CCNC(=NCc1ccc(OCC)c(C)c1)NCC(C)C. The number of hydrogen-bond donors (Lipinski definition) is 2. The van der Waals surface area contributed by atoms with Crippen LogP contribution in [0.15, 0.2) is 23.2 Å². The molecule has 2 N–H and O–H groups in total. The standard InChI is InChI=1S/C17H29N3O/c1-6-18-17(19-11-13(3)4)20-12-15-8-9-16(21-7-2)14(5)10-15/h8-10,13H,6-7,11-12H2,1-5H3,(H2,18,19,20). The van der Waals surface area contributed by atoms with Crippen molar-refractivity contribution < 1.29 is 4.74 Å². The van der Waals surface area contributed by atoms with Gasteiger partial charge in [-0.1, -0.05) is 26.0 Å². The van der Waals surface area contributed by atoms with Crippen molar-refractivity contribution in [3.8, 4) is 5.75 Å². The number of nitrogens with zero attached hydrogens (tertiary/aromatic N) is 1. The molecule has 0 aromatic heterocycles. The molecular formula is C17H29N3O. The fraction of sp³-hybridized carbons (Fsp3) is 0.588. The van der Waals surface area contributed by atoms with Gasteiger partial charge in [0.15, 0.2) is 5.96 Å². The van der Waals surface area contributed by atoms with Crippen molar-refractivity contribution in [3.63, 3.8) is 0 Å². The molecule has 0 bridgehead atoms. The van der Waals surface area contributed by atoms with E-state index >= 15 is 0 Å². The van der Waals surface area contributed by atoms with E-state index in [1.807, 2.05) is 13.0 Å². The molecule has 0 fully saturated rings. The zero-order valence-electron chi connectivity index (χ0n) is 14.0. The summed E-state index contributed by atoms with van der Waals surface area (Å²) in [4.78, 5) is 4.63. The molecule has 0 radical (unpaired) electrons. The van der Waals surface area contributed by atoms with Gasteiger partial charge in [0.2, 0.25) is 0 Å². The van der Waals surface area contributed by atoms with E-state index in [-0.39, 0.29) is 0 Å². The number of nitrogens with one attached hydrogen (secondary N) is 2. The molecule has 0 heterocycles. The van der Waals surface area contributed by atoms with E-state index in [9.17, 15) is 0 Å². The van der Waals surface area contributed by atoms with E-state index in [1.165, 1.54) is 5.56 Å². The number of ether oxygens (including phenoxy) is 1. The summed E-state index contributed by atoms with van der Waals surface area (Å²) in [7, 11) is 0. The minimum atomic E-state index is 0.599. The van der Waals surface area contributed by atoms with Gasteiger partial charge in [-0.25, -0.2) is 4.99 Å². The Balaban J connectivity index is 2.68. The number of benzene rings is 1. The second-order valence-electron chi connectivity index (χ2n) is 5.50. The van der Waals surface area contributed by atoms with Crippen molar-refractivity contribution in [1.29, 1.82) is 0 Å². The largest absolute Gasteiger partial charge is 0.494 e. The minimum Gasteiger partial charge on any atom is -0.494 e. The first-order valence-electron chi connectivity index (χ1n) is 7.81. The maximum absolute atomic E-state index is 5.56. The van der Waals surface area contributed by atoms with Gasteiger partial charge < -0.3 is 15.4 Å². The van der Waals surface area contributed by atoms with Gasteiger partial charge in [0.25, 0.3) is 0 Å². The first kappa shape index (κ1) is 17.3. The van der Waals surface area contributed by atoms with Crippen LogP contribution in [-0.2, 0) is 6.54 Å². The Morgan fingerprint density at radius 1 is 1.24 bits per heavy atom. The Labute approximate surface area is 129 Å². The summed E-state index contributed by atoms with van der Waals surface area (Å²) in [6, 6.07) is 6.24. The molecular weight excluding hydrogens is 262 g/mol. The second-order valence-corrected chi connectivity index (χ2v) is 5.50. The number of aryl methyl sites for hydroxylation is 1. The highest BCUT2D eigenvalue weighted by Crippen LogP contribution is 2.19. The quantitative estimate of drug-likeness (QED) is 0.599. The molecule has 0 saturated heterocycles. The van der Waals surface area contributed by atoms with E-state index in [1.54, 1.807) is 0 Å². The summed E-state index contributed by atoms with van der Waals surface area (Å²) >= 11 is 0. The lowest BCUT2D eigenvalue weighted by atomic mass is 10.1. The molecule has 1 aromatic carbocycles. The molecule has 21 heavy (non-hydrogen) atoms. The Morgan fingerprint density at radius 2 is 2.00 bits per heavy atom. The molecule has 4 heteroatoms. The molecule has 0 aliphatic rings. The van der Waals surface area contributed by atoms with E-state index in [0.717, 1.165) is 30.4 Å². The fourth-order valence-corrected chi connectivity index (χ4v) is 1.94. The molecule has 0 aliphatic heterocycles. The summed E-state index contributed by atoms with van der Waals surface area (Å²) in [5.41, 5.74) is 2.35. The summed E-state index contributed by atoms with van der Waals surface area (Å²) in [5, 5.41) is 6.62. The summed E-state index contributed by atoms with van der Waals surface area (Å²) in [6.45, 7) is 13.7. The minimum absolute atomic E-state index is 0.599. The highest BCUT2D eigenvalue weighted by Gasteiger charge is 2.02. The number of hydrogen-bond acceptors (Lipinski definition) is 2. The van der Waals surface area contributed by atoms with Crippen LogP contribution in [0.2, 0.25) is 0 Å². The first-order valence-corrected chi connectivity index (χ1v) is 7.81. The highest BCUT2D eigenvalue weighted by atomic mass is 16.5. The Hall–Kier alpha value is -1.71. The van der Waals surface area contributed by atoms with Gasteiger partial charge in [-0.05, 0) is 43.9 Å². The topological polar surface area (TPSA) is 45.7 Å². The predicted molar refractivity (Wildman–Crippen MR) is 90.0 cm³/mol. The Bertz CT molecular complexity index is 455. The summed E-state index contributed by atoms with van der Waals surface area (Å²) < 4.78 is 5.56. The van der Waals surface area contributed by atoms with Crippen LogP contribution < -0.4 is 15.4 Å². The maximum atomic E-state index is 5.56. The van der Waals surface area contributed by atoms with Gasteiger partial charge in [-0.3, -0.25) is 0 Å². The lowest BCUT2D eigenvalue weighted by Crippen LogP contribution is -2.39. The monoisotopic (exact) mass is 291 g/mol. The smallest absolute Gasteiger partial charge is 0.191 e. The molecule has 118 valence electrons.